The molecule has 0 aliphatic heterocycles. The SMILES string of the molecule is CCOC(=S)c1c(C)nc(N)nc1-c1ccco1. The number of nitrogens with two attached hydrogens (primary N) is 1. The molecule has 0 spiro atoms. The van der Waals surface area contributed by atoms with Crippen molar-refractivity contribution in [1.82, 2.24) is 9.97 Å². The van der Waals surface area contributed by atoms with Gasteiger partial charge >= 0.3 is 0 Å². The fourth-order valence-electron chi connectivity index (χ4n) is 1.63. The first kappa shape index (κ1) is 12.5. The zero-order chi connectivity index (χ0) is 13.1. The second-order valence-corrected chi connectivity index (χ2v) is 3.96. The predicted octanol–water partition coefficient (Wildman–Crippen LogP) is 2.34. The highest BCUT2D eigenvalue weighted by atomic mass is 32.1. The summed E-state index contributed by atoms with van der Waals surface area (Å²) in [6.45, 7) is 4.16. The van der Waals surface area contributed by atoms with E-state index < -0.39 is 0 Å². The molecule has 2 rings (SSSR count). The van der Waals surface area contributed by atoms with Crippen LogP contribution in [-0.4, -0.2) is 21.6 Å². The third kappa shape index (κ3) is 2.33. The van der Waals surface area contributed by atoms with Crippen molar-refractivity contribution in [2.45, 2.75) is 13.8 Å². The summed E-state index contributed by atoms with van der Waals surface area (Å²) in [5.74, 6) is 0.770. The van der Waals surface area contributed by atoms with Gasteiger partial charge in [0.25, 0.3) is 0 Å². The van der Waals surface area contributed by atoms with E-state index in [0.717, 1.165) is 0 Å². The molecule has 2 N–H and O–H groups in total. The van der Waals surface area contributed by atoms with Crippen LogP contribution in [-0.2, 0) is 4.74 Å². The van der Waals surface area contributed by atoms with Gasteiger partial charge in [-0.1, -0.05) is 0 Å². The van der Waals surface area contributed by atoms with Crippen LogP contribution in [0.4, 0.5) is 5.95 Å². The first-order valence-electron chi connectivity index (χ1n) is 5.48. The monoisotopic (exact) mass is 263 g/mol. The summed E-state index contributed by atoms with van der Waals surface area (Å²) in [6, 6.07) is 3.57. The van der Waals surface area contributed by atoms with Gasteiger partial charge in [0.2, 0.25) is 5.95 Å². The number of nitrogens with zero attached hydrogens (tertiary/aromatic N) is 2. The minimum Gasteiger partial charge on any atom is -0.483 e. The van der Waals surface area contributed by atoms with Gasteiger partial charge in [-0.15, -0.1) is 0 Å². The van der Waals surface area contributed by atoms with Crippen LogP contribution in [0.2, 0.25) is 0 Å². The predicted molar refractivity (Wildman–Crippen MR) is 72.2 cm³/mol. The maximum Gasteiger partial charge on any atom is 0.220 e. The Morgan fingerprint density at radius 2 is 2.28 bits per heavy atom. The van der Waals surface area contributed by atoms with Crippen LogP contribution in [0, 0.1) is 6.92 Å². The molecule has 0 amide bonds. The lowest BCUT2D eigenvalue weighted by atomic mass is 10.1. The summed E-state index contributed by atoms with van der Waals surface area (Å²) in [6.07, 6.45) is 1.57. The fraction of sp³-hybridized carbons (Fsp3) is 0.250. The molecule has 0 aliphatic carbocycles. The average Bonchev–Trinajstić information content (AvgIpc) is 2.81. The maximum atomic E-state index is 5.66. The van der Waals surface area contributed by atoms with E-state index in [4.69, 9.17) is 27.1 Å². The lowest BCUT2D eigenvalue weighted by Gasteiger charge is -2.11. The Morgan fingerprint density at radius 3 is 2.89 bits per heavy atom. The van der Waals surface area contributed by atoms with Crippen LogP contribution in [0.25, 0.3) is 11.5 Å². The number of thiocarbonyl (C=S) groups is 1. The van der Waals surface area contributed by atoms with Crippen molar-refractivity contribution < 1.29 is 9.15 Å². The normalized spacial score (nSPS) is 10.3. The average molecular weight is 263 g/mol. The molecule has 0 unspecified atom stereocenters. The smallest absolute Gasteiger partial charge is 0.220 e. The Balaban J connectivity index is 2.59. The minimum absolute atomic E-state index is 0.182. The van der Waals surface area contributed by atoms with Gasteiger partial charge < -0.3 is 14.9 Å². The summed E-state index contributed by atoms with van der Waals surface area (Å²) >= 11 is 5.23. The van der Waals surface area contributed by atoms with Crippen molar-refractivity contribution in [3.63, 3.8) is 0 Å². The highest BCUT2D eigenvalue weighted by molar-refractivity contribution is 7.80. The Hall–Kier alpha value is -1.95. The van der Waals surface area contributed by atoms with Gasteiger partial charge in [0.1, 0.15) is 5.69 Å². The molecule has 18 heavy (non-hydrogen) atoms. The van der Waals surface area contributed by atoms with Crippen molar-refractivity contribution in [3.05, 3.63) is 29.7 Å². The van der Waals surface area contributed by atoms with Gasteiger partial charge in [-0.25, -0.2) is 9.97 Å². The van der Waals surface area contributed by atoms with Gasteiger partial charge in [-0.2, -0.15) is 0 Å². The third-order valence-electron chi connectivity index (χ3n) is 2.34. The lowest BCUT2D eigenvalue weighted by Crippen LogP contribution is -2.12. The first-order chi connectivity index (χ1) is 8.63. The number of furan rings is 1. The number of ether oxygens (including phenoxy) is 1. The largest absolute Gasteiger partial charge is 0.483 e. The van der Waals surface area contributed by atoms with Crippen molar-refractivity contribution in [1.29, 1.82) is 0 Å². The molecular formula is C12H13N3O2S. The van der Waals surface area contributed by atoms with E-state index in [0.29, 0.717) is 34.4 Å². The molecular weight excluding hydrogens is 250 g/mol. The van der Waals surface area contributed by atoms with Crippen LogP contribution >= 0.6 is 12.2 Å². The molecule has 0 radical (unpaired) electrons. The Bertz CT molecular complexity index is 567. The number of anilines is 1. The third-order valence-corrected chi connectivity index (χ3v) is 2.66. The van der Waals surface area contributed by atoms with Crippen LogP contribution in [0.1, 0.15) is 18.2 Å². The molecule has 2 heterocycles. The highest BCUT2D eigenvalue weighted by Gasteiger charge is 2.19. The summed E-state index contributed by atoms with van der Waals surface area (Å²) < 4.78 is 10.7. The van der Waals surface area contributed by atoms with Crippen LogP contribution in [0.5, 0.6) is 0 Å². The molecule has 0 aliphatic rings. The molecule has 0 saturated heterocycles. The molecule has 2 aromatic rings. The zero-order valence-corrected chi connectivity index (χ0v) is 11.0. The van der Waals surface area contributed by atoms with Crippen molar-refractivity contribution in [2.75, 3.05) is 12.3 Å². The number of aryl methyl sites for hydroxylation is 1. The van der Waals surface area contributed by atoms with E-state index in [1.54, 1.807) is 18.4 Å². The van der Waals surface area contributed by atoms with Crippen molar-refractivity contribution in [3.8, 4) is 11.5 Å². The topological polar surface area (TPSA) is 74.2 Å². The maximum absolute atomic E-state index is 5.66. The molecule has 0 aromatic carbocycles. The molecule has 94 valence electrons. The molecule has 0 fully saturated rings. The van der Waals surface area contributed by atoms with E-state index in [1.807, 2.05) is 13.8 Å². The van der Waals surface area contributed by atoms with E-state index in [9.17, 15) is 0 Å². The van der Waals surface area contributed by atoms with Gasteiger partial charge in [-0.3, -0.25) is 0 Å². The number of hydrogen-bond acceptors (Lipinski definition) is 6. The molecule has 0 atom stereocenters. The first-order valence-corrected chi connectivity index (χ1v) is 5.89. The van der Waals surface area contributed by atoms with Gasteiger partial charge in [0, 0.05) is 0 Å². The van der Waals surface area contributed by atoms with E-state index >= 15 is 0 Å². The number of rotatable bonds is 3. The minimum atomic E-state index is 0.182. The number of hydrogen-bond donors (Lipinski definition) is 1. The second kappa shape index (κ2) is 5.14. The molecule has 0 saturated carbocycles. The molecule has 6 heteroatoms. The second-order valence-electron chi connectivity index (χ2n) is 3.59. The van der Waals surface area contributed by atoms with E-state index in [2.05, 4.69) is 9.97 Å². The number of aromatic nitrogens is 2. The van der Waals surface area contributed by atoms with E-state index in [-0.39, 0.29) is 5.95 Å². The van der Waals surface area contributed by atoms with Gasteiger partial charge in [-0.05, 0) is 38.2 Å². The lowest BCUT2D eigenvalue weighted by molar-refractivity contribution is 0.337. The summed E-state index contributed by atoms with van der Waals surface area (Å²) in [5, 5.41) is 0.349. The summed E-state index contributed by atoms with van der Waals surface area (Å²) in [4.78, 5) is 8.29. The fourth-order valence-corrected chi connectivity index (χ4v) is 2.00. The standard InChI is InChI=1S/C12H13N3O2S/c1-3-16-11(18)9-7(2)14-12(13)15-10(9)8-5-4-6-17-8/h4-6H,3H2,1-2H3,(H2,13,14,15). The van der Waals surface area contributed by atoms with Crippen LogP contribution in [0.3, 0.4) is 0 Å². The Kier molecular flexibility index (Phi) is 3.57. The van der Waals surface area contributed by atoms with Gasteiger partial charge in [0.05, 0.1) is 24.1 Å². The Labute approximate surface area is 110 Å². The van der Waals surface area contributed by atoms with Crippen molar-refractivity contribution in [2.24, 2.45) is 0 Å². The number of nitrogen functional groups attached to an aromatic ring is 1. The molecule has 0 bridgehead atoms. The Morgan fingerprint density at radius 1 is 1.50 bits per heavy atom. The molecule has 5 nitrogen and oxygen atoms in total. The highest BCUT2D eigenvalue weighted by Crippen LogP contribution is 2.25. The summed E-state index contributed by atoms with van der Waals surface area (Å²) in [5.41, 5.74) is 7.54. The molecule has 2 aromatic heterocycles. The van der Waals surface area contributed by atoms with Crippen molar-refractivity contribution >= 4 is 23.2 Å². The van der Waals surface area contributed by atoms with Crippen LogP contribution < -0.4 is 5.73 Å². The van der Waals surface area contributed by atoms with E-state index in [1.165, 1.54) is 0 Å². The zero-order valence-electron chi connectivity index (χ0n) is 10.1. The summed E-state index contributed by atoms with van der Waals surface area (Å²) in [7, 11) is 0. The quantitative estimate of drug-likeness (QED) is 0.857. The van der Waals surface area contributed by atoms with Gasteiger partial charge in [0.15, 0.2) is 10.8 Å². The van der Waals surface area contributed by atoms with Crippen LogP contribution in [0.15, 0.2) is 22.8 Å².